The maximum absolute atomic E-state index is 12.3. The molecule has 1 aromatic heterocycles. The molecule has 2 aromatic carbocycles. The average molecular weight is 497 g/mol. The third-order valence-electron chi connectivity index (χ3n) is 4.85. The van der Waals surface area contributed by atoms with E-state index in [2.05, 4.69) is 69.4 Å². The molecule has 3 aromatic rings. The molecule has 6 nitrogen and oxygen atoms in total. The van der Waals surface area contributed by atoms with Crippen LogP contribution in [0.5, 0.6) is 5.75 Å². The van der Waals surface area contributed by atoms with Crippen LogP contribution in [0.15, 0.2) is 59.3 Å². The van der Waals surface area contributed by atoms with Crippen LogP contribution < -0.4 is 15.4 Å². The van der Waals surface area contributed by atoms with E-state index in [1.807, 2.05) is 43.3 Å². The van der Waals surface area contributed by atoms with Gasteiger partial charge in [0.25, 0.3) is 0 Å². The summed E-state index contributed by atoms with van der Waals surface area (Å²) in [6, 6.07) is 15.5. The zero-order valence-electron chi connectivity index (χ0n) is 18.9. The predicted molar refractivity (Wildman–Crippen MR) is 133 cm³/mol. The molecule has 2 N–H and O–H groups in total. The van der Waals surface area contributed by atoms with Crippen molar-refractivity contribution in [2.45, 2.75) is 46.0 Å². The van der Waals surface area contributed by atoms with E-state index in [1.54, 1.807) is 0 Å². The number of ether oxygens (including phenoxy) is 1. The van der Waals surface area contributed by atoms with Gasteiger partial charge in [0.15, 0.2) is 0 Å². The third kappa shape index (κ3) is 7.05. The Kier molecular flexibility index (Phi) is 7.85. The minimum Gasteiger partial charge on any atom is -0.492 e. The second kappa shape index (κ2) is 10.6. The van der Waals surface area contributed by atoms with Gasteiger partial charge in [0.2, 0.25) is 5.91 Å². The van der Waals surface area contributed by atoms with Gasteiger partial charge >= 0.3 is 0 Å². The number of amides is 1. The Morgan fingerprint density at radius 3 is 2.41 bits per heavy atom. The number of aryl methyl sites for hydroxylation is 1. The van der Waals surface area contributed by atoms with Crippen molar-refractivity contribution in [1.29, 1.82) is 0 Å². The number of rotatable bonds is 8. The number of hydrogen-bond donors (Lipinski definition) is 2. The van der Waals surface area contributed by atoms with E-state index in [-0.39, 0.29) is 11.3 Å². The number of carbonyl (C=O) groups is 1. The van der Waals surface area contributed by atoms with Gasteiger partial charge in [-0.2, -0.15) is 0 Å². The summed E-state index contributed by atoms with van der Waals surface area (Å²) in [5.41, 5.74) is 3.86. The second-order valence-electron chi connectivity index (χ2n) is 8.64. The van der Waals surface area contributed by atoms with Crippen LogP contribution in [0.4, 0.5) is 17.2 Å². The fraction of sp³-hybridized carbons (Fsp3) is 0.320. The molecule has 0 saturated carbocycles. The summed E-state index contributed by atoms with van der Waals surface area (Å²) >= 11 is 3.58. The van der Waals surface area contributed by atoms with Gasteiger partial charge in [0.05, 0.1) is 11.1 Å². The molecular formula is C25H29BrN4O2. The maximum Gasteiger partial charge on any atom is 0.224 e. The number of hydrogen-bond acceptors (Lipinski definition) is 5. The predicted octanol–water partition coefficient (Wildman–Crippen LogP) is 6.39. The van der Waals surface area contributed by atoms with Gasteiger partial charge in [0, 0.05) is 29.6 Å². The molecule has 0 unspecified atom stereocenters. The van der Waals surface area contributed by atoms with Gasteiger partial charge < -0.3 is 15.4 Å². The molecule has 7 heteroatoms. The van der Waals surface area contributed by atoms with Crippen LogP contribution in [0.3, 0.4) is 0 Å². The summed E-state index contributed by atoms with van der Waals surface area (Å²) in [6.45, 7) is 8.92. The first kappa shape index (κ1) is 23.7. The standard InChI is InChI=1S/C25H29BrN4O2/c1-17-14-23(28-16-27-17)29-19-8-10-20(11-9-19)30-24(31)6-5-13-32-22-12-7-18(15-21(22)26)25(2,3)4/h7-12,14-16H,5-6,13H2,1-4H3,(H,30,31)(H,27,28,29). The van der Waals surface area contributed by atoms with Crippen molar-refractivity contribution in [1.82, 2.24) is 9.97 Å². The van der Waals surface area contributed by atoms with Crippen LogP contribution in [0.25, 0.3) is 0 Å². The third-order valence-corrected chi connectivity index (χ3v) is 5.47. The molecule has 0 atom stereocenters. The molecule has 1 heterocycles. The van der Waals surface area contributed by atoms with Crippen LogP contribution >= 0.6 is 15.9 Å². The van der Waals surface area contributed by atoms with Crippen molar-refractivity contribution in [3.05, 3.63) is 70.6 Å². The van der Waals surface area contributed by atoms with Gasteiger partial charge in [-0.1, -0.05) is 26.8 Å². The lowest BCUT2D eigenvalue weighted by Crippen LogP contribution is -2.13. The Labute approximate surface area is 198 Å². The highest BCUT2D eigenvalue weighted by atomic mass is 79.9. The zero-order valence-corrected chi connectivity index (χ0v) is 20.5. The monoisotopic (exact) mass is 496 g/mol. The van der Waals surface area contributed by atoms with E-state index in [1.165, 1.54) is 11.9 Å². The highest BCUT2D eigenvalue weighted by molar-refractivity contribution is 9.10. The van der Waals surface area contributed by atoms with E-state index < -0.39 is 0 Å². The first-order chi connectivity index (χ1) is 15.2. The van der Waals surface area contributed by atoms with Crippen LogP contribution in [0, 0.1) is 6.92 Å². The number of nitrogens with zero attached hydrogens (tertiary/aromatic N) is 2. The van der Waals surface area contributed by atoms with Crippen molar-refractivity contribution in [2.24, 2.45) is 0 Å². The Hall–Kier alpha value is -2.93. The molecule has 0 aliphatic rings. The molecule has 0 fully saturated rings. The molecule has 3 rings (SSSR count). The largest absolute Gasteiger partial charge is 0.492 e. The van der Waals surface area contributed by atoms with Crippen LogP contribution in [-0.2, 0) is 10.2 Å². The Bertz CT molecular complexity index is 1060. The first-order valence-corrected chi connectivity index (χ1v) is 11.4. The molecule has 0 aliphatic carbocycles. The lowest BCUT2D eigenvalue weighted by molar-refractivity contribution is -0.116. The molecule has 1 amide bonds. The minimum atomic E-state index is -0.0390. The fourth-order valence-electron chi connectivity index (χ4n) is 3.03. The molecule has 168 valence electrons. The Morgan fingerprint density at radius 2 is 1.75 bits per heavy atom. The van der Waals surface area contributed by atoms with Crippen molar-refractivity contribution in [2.75, 3.05) is 17.2 Å². The van der Waals surface area contributed by atoms with Gasteiger partial charge in [-0.3, -0.25) is 4.79 Å². The van der Waals surface area contributed by atoms with Crippen LogP contribution in [0.2, 0.25) is 0 Å². The highest BCUT2D eigenvalue weighted by Gasteiger charge is 2.15. The topological polar surface area (TPSA) is 76.1 Å². The van der Waals surface area contributed by atoms with Crippen molar-refractivity contribution < 1.29 is 9.53 Å². The molecule has 0 radical (unpaired) electrons. The normalized spacial score (nSPS) is 11.2. The second-order valence-corrected chi connectivity index (χ2v) is 9.50. The van der Waals surface area contributed by atoms with Gasteiger partial charge in [-0.15, -0.1) is 0 Å². The van der Waals surface area contributed by atoms with E-state index in [0.29, 0.717) is 19.4 Å². The summed E-state index contributed by atoms with van der Waals surface area (Å²) in [6.07, 6.45) is 2.54. The first-order valence-electron chi connectivity index (χ1n) is 10.6. The van der Waals surface area contributed by atoms with Crippen molar-refractivity contribution in [3.63, 3.8) is 0 Å². The van der Waals surface area contributed by atoms with Gasteiger partial charge in [0.1, 0.15) is 17.9 Å². The van der Waals surface area contributed by atoms with E-state index in [0.717, 1.165) is 33.1 Å². The molecule has 32 heavy (non-hydrogen) atoms. The lowest BCUT2D eigenvalue weighted by atomic mass is 9.87. The van der Waals surface area contributed by atoms with Crippen LogP contribution in [-0.4, -0.2) is 22.5 Å². The summed E-state index contributed by atoms with van der Waals surface area (Å²) in [5, 5.41) is 6.13. The van der Waals surface area contributed by atoms with Crippen LogP contribution in [0.1, 0.15) is 44.9 Å². The Balaban J connectivity index is 1.42. The number of anilines is 3. The minimum absolute atomic E-state index is 0.0390. The number of halogens is 1. The molecule has 0 spiro atoms. The van der Waals surface area contributed by atoms with Crippen molar-refractivity contribution in [3.8, 4) is 5.75 Å². The molecular weight excluding hydrogens is 468 g/mol. The number of carbonyl (C=O) groups excluding carboxylic acids is 1. The zero-order chi connectivity index (χ0) is 23.1. The van der Waals surface area contributed by atoms with Gasteiger partial charge in [-0.05, 0) is 76.7 Å². The van der Waals surface area contributed by atoms with E-state index >= 15 is 0 Å². The highest BCUT2D eigenvalue weighted by Crippen LogP contribution is 2.31. The summed E-state index contributed by atoms with van der Waals surface area (Å²) in [7, 11) is 0. The number of aromatic nitrogens is 2. The molecule has 0 aliphatic heterocycles. The molecule has 0 saturated heterocycles. The van der Waals surface area contributed by atoms with E-state index in [9.17, 15) is 4.79 Å². The summed E-state index contributed by atoms with van der Waals surface area (Å²) in [5.74, 6) is 1.48. The fourth-order valence-corrected chi connectivity index (χ4v) is 3.52. The smallest absolute Gasteiger partial charge is 0.224 e. The lowest BCUT2D eigenvalue weighted by Gasteiger charge is -2.20. The van der Waals surface area contributed by atoms with Crippen molar-refractivity contribution >= 4 is 39.0 Å². The number of nitrogens with one attached hydrogen (secondary N) is 2. The summed E-state index contributed by atoms with van der Waals surface area (Å²) < 4.78 is 6.77. The summed E-state index contributed by atoms with van der Waals surface area (Å²) in [4.78, 5) is 20.5. The SMILES string of the molecule is Cc1cc(Nc2ccc(NC(=O)CCCOc3ccc(C(C)(C)C)cc3Br)cc2)ncn1. The maximum atomic E-state index is 12.3. The number of benzene rings is 2. The molecule has 0 bridgehead atoms. The van der Waals surface area contributed by atoms with E-state index in [4.69, 9.17) is 4.74 Å². The van der Waals surface area contributed by atoms with Gasteiger partial charge in [-0.25, -0.2) is 9.97 Å². The Morgan fingerprint density at radius 1 is 1.03 bits per heavy atom. The average Bonchev–Trinajstić information content (AvgIpc) is 2.73. The quantitative estimate of drug-likeness (QED) is 0.353.